The standard InChI is InChI=1S/C25H35F3N4O2/c1-9-12-19(14-20(13-10-2)25(26,27)28)22(16(4)11-3)30-21(34-8)15-29-24(33)23-17(5)18(6)31-32(23)7/h9,12-14H,10-11,15H2,1-8H3,(H,29,33)/b12-9-,19-14+,20-13-,22-16+,30-21?. The zero-order valence-electron chi connectivity index (χ0n) is 21.2. The van der Waals surface area contributed by atoms with Crippen LogP contribution in [0.2, 0.25) is 0 Å². The second kappa shape index (κ2) is 13.0. The molecule has 188 valence electrons. The molecule has 0 radical (unpaired) electrons. The van der Waals surface area contributed by atoms with Gasteiger partial charge in [-0.2, -0.15) is 18.3 Å². The number of nitrogens with one attached hydrogen (secondary N) is 1. The third-order valence-corrected chi connectivity index (χ3v) is 5.23. The summed E-state index contributed by atoms with van der Waals surface area (Å²) >= 11 is 0. The summed E-state index contributed by atoms with van der Waals surface area (Å²) in [5, 5.41) is 7.00. The first-order valence-electron chi connectivity index (χ1n) is 11.1. The molecule has 9 heteroatoms. The maximum Gasteiger partial charge on any atom is 0.416 e. The minimum Gasteiger partial charge on any atom is -0.483 e. The molecule has 1 rings (SSSR count). The molecular weight excluding hydrogens is 445 g/mol. The molecule has 1 aromatic heterocycles. The van der Waals surface area contributed by atoms with E-state index >= 15 is 0 Å². The number of aryl methyl sites for hydroxylation is 2. The molecule has 0 atom stereocenters. The molecule has 34 heavy (non-hydrogen) atoms. The Morgan fingerprint density at radius 3 is 2.35 bits per heavy atom. The van der Waals surface area contributed by atoms with Crippen molar-refractivity contribution in [2.75, 3.05) is 13.7 Å². The zero-order valence-corrected chi connectivity index (χ0v) is 21.2. The molecule has 0 saturated heterocycles. The van der Waals surface area contributed by atoms with Crippen molar-refractivity contribution >= 4 is 11.8 Å². The van der Waals surface area contributed by atoms with Crippen molar-refractivity contribution in [2.24, 2.45) is 12.0 Å². The number of rotatable bonds is 9. The lowest BCUT2D eigenvalue weighted by Crippen LogP contribution is -2.32. The average molecular weight is 481 g/mol. The molecule has 0 aliphatic carbocycles. The molecule has 0 spiro atoms. The van der Waals surface area contributed by atoms with Crippen LogP contribution in [-0.4, -0.2) is 41.4 Å². The summed E-state index contributed by atoms with van der Waals surface area (Å²) < 4.78 is 47.5. The van der Waals surface area contributed by atoms with Crippen LogP contribution in [0.1, 0.15) is 62.3 Å². The lowest BCUT2D eigenvalue weighted by atomic mass is 10.0. The molecule has 1 N–H and O–H groups in total. The van der Waals surface area contributed by atoms with Crippen LogP contribution in [0.3, 0.4) is 0 Å². The summed E-state index contributed by atoms with van der Waals surface area (Å²) in [7, 11) is 3.09. The van der Waals surface area contributed by atoms with Crippen LogP contribution >= 0.6 is 0 Å². The molecule has 0 unspecified atom stereocenters. The Morgan fingerprint density at radius 2 is 1.91 bits per heavy atom. The number of amides is 1. The number of nitrogens with zero attached hydrogens (tertiary/aromatic N) is 3. The summed E-state index contributed by atoms with van der Waals surface area (Å²) in [5.41, 5.74) is 2.64. The lowest BCUT2D eigenvalue weighted by molar-refractivity contribution is -0.0884. The molecule has 1 aromatic rings. The van der Waals surface area contributed by atoms with Gasteiger partial charge < -0.3 is 10.1 Å². The van der Waals surface area contributed by atoms with Crippen molar-refractivity contribution in [3.8, 4) is 0 Å². The molecule has 0 aliphatic rings. The molecule has 1 amide bonds. The maximum absolute atomic E-state index is 13.6. The fourth-order valence-electron chi connectivity index (χ4n) is 3.20. The number of hydrogen-bond donors (Lipinski definition) is 1. The van der Waals surface area contributed by atoms with Gasteiger partial charge in [0.25, 0.3) is 5.91 Å². The summed E-state index contributed by atoms with van der Waals surface area (Å²) in [6, 6.07) is 0. The highest BCUT2D eigenvalue weighted by Crippen LogP contribution is 2.31. The molecule has 6 nitrogen and oxygen atoms in total. The summed E-state index contributed by atoms with van der Waals surface area (Å²) in [5.74, 6) is -0.186. The van der Waals surface area contributed by atoms with E-state index in [-0.39, 0.29) is 24.8 Å². The van der Waals surface area contributed by atoms with E-state index in [1.807, 2.05) is 20.8 Å². The van der Waals surface area contributed by atoms with E-state index in [0.29, 0.717) is 23.4 Å². The van der Waals surface area contributed by atoms with E-state index < -0.39 is 11.7 Å². The zero-order chi connectivity index (χ0) is 26.1. The van der Waals surface area contributed by atoms with E-state index in [4.69, 9.17) is 4.74 Å². The Hall–Kier alpha value is -3.10. The second-order valence-corrected chi connectivity index (χ2v) is 7.72. The van der Waals surface area contributed by atoms with Crippen LogP contribution in [0.5, 0.6) is 0 Å². The van der Waals surface area contributed by atoms with Gasteiger partial charge in [-0.05, 0) is 52.2 Å². The van der Waals surface area contributed by atoms with Crippen LogP contribution in [-0.2, 0) is 11.8 Å². The monoisotopic (exact) mass is 480 g/mol. The van der Waals surface area contributed by atoms with Gasteiger partial charge in [0.2, 0.25) is 5.90 Å². The second-order valence-electron chi connectivity index (χ2n) is 7.72. The molecule has 0 aromatic carbocycles. The number of ether oxygens (including phenoxy) is 1. The topological polar surface area (TPSA) is 68.5 Å². The fourth-order valence-corrected chi connectivity index (χ4v) is 3.20. The fraction of sp³-hybridized carbons (Fsp3) is 0.480. The van der Waals surface area contributed by atoms with Crippen molar-refractivity contribution < 1.29 is 22.7 Å². The normalized spacial score (nSPS) is 14.5. The Bertz CT molecular complexity index is 1030. The Balaban J connectivity index is 3.41. The van der Waals surface area contributed by atoms with Gasteiger partial charge in [-0.3, -0.25) is 9.48 Å². The average Bonchev–Trinajstić information content (AvgIpc) is 3.03. The first-order valence-corrected chi connectivity index (χ1v) is 11.1. The van der Waals surface area contributed by atoms with Crippen molar-refractivity contribution in [2.45, 2.75) is 60.6 Å². The third-order valence-electron chi connectivity index (χ3n) is 5.23. The minimum atomic E-state index is -4.49. The summed E-state index contributed by atoms with van der Waals surface area (Å²) in [6.45, 7) is 10.7. The first-order chi connectivity index (χ1) is 15.9. The smallest absolute Gasteiger partial charge is 0.416 e. The number of allylic oxidation sites excluding steroid dienone is 6. The van der Waals surface area contributed by atoms with E-state index in [1.54, 1.807) is 40.0 Å². The van der Waals surface area contributed by atoms with Gasteiger partial charge in [-0.25, -0.2) is 4.99 Å². The Kier molecular flexibility index (Phi) is 11.0. The number of alkyl halides is 3. The molecular formula is C25H35F3N4O2. The molecule has 0 fully saturated rings. The third kappa shape index (κ3) is 7.74. The van der Waals surface area contributed by atoms with Gasteiger partial charge in [0.05, 0.1) is 30.6 Å². The van der Waals surface area contributed by atoms with Crippen LogP contribution < -0.4 is 5.32 Å². The van der Waals surface area contributed by atoms with Crippen LogP contribution in [0.15, 0.2) is 51.7 Å². The number of halogens is 3. The van der Waals surface area contributed by atoms with E-state index in [1.165, 1.54) is 11.8 Å². The highest BCUT2D eigenvalue weighted by molar-refractivity contribution is 5.96. The van der Waals surface area contributed by atoms with Crippen molar-refractivity contribution in [1.82, 2.24) is 15.1 Å². The molecule has 0 saturated carbocycles. The maximum atomic E-state index is 13.6. The van der Waals surface area contributed by atoms with Gasteiger partial charge in [0.15, 0.2) is 0 Å². The van der Waals surface area contributed by atoms with Gasteiger partial charge in [-0.15, -0.1) is 0 Å². The number of methoxy groups -OCH3 is 1. The predicted octanol–water partition coefficient (Wildman–Crippen LogP) is 5.90. The van der Waals surface area contributed by atoms with Gasteiger partial charge in [0.1, 0.15) is 5.69 Å². The Labute approximate surface area is 200 Å². The highest BCUT2D eigenvalue weighted by Gasteiger charge is 2.32. The van der Waals surface area contributed by atoms with Crippen molar-refractivity contribution in [3.63, 3.8) is 0 Å². The number of carbonyl (C=O) groups is 1. The molecule has 0 bridgehead atoms. The summed E-state index contributed by atoms with van der Waals surface area (Å²) in [6.07, 6.45) is 1.80. The number of aliphatic imine (C=N–C) groups is 1. The van der Waals surface area contributed by atoms with Gasteiger partial charge >= 0.3 is 6.18 Å². The lowest BCUT2D eigenvalue weighted by Gasteiger charge is -2.14. The minimum absolute atomic E-state index is 0.0421. The summed E-state index contributed by atoms with van der Waals surface area (Å²) in [4.78, 5) is 17.2. The van der Waals surface area contributed by atoms with E-state index in [9.17, 15) is 18.0 Å². The van der Waals surface area contributed by atoms with Gasteiger partial charge in [-0.1, -0.05) is 32.1 Å². The largest absolute Gasteiger partial charge is 0.483 e. The first kappa shape index (κ1) is 28.9. The van der Waals surface area contributed by atoms with Crippen molar-refractivity contribution in [1.29, 1.82) is 0 Å². The highest BCUT2D eigenvalue weighted by atomic mass is 19.4. The SMILES string of the molecule is C\C=C/C(=C\C(=C\CC)C(F)(F)F)C(/N=C(CNC(=O)c1c(C)c(C)nn1C)OC)=C(/C)CC. The molecule has 1 heterocycles. The quantitative estimate of drug-likeness (QED) is 0.272. The van der Waals surface area contributed by atoms with Crippen molar-refractivity contribution in [3.05, 3.63) is 63.7 Å². The van der Waals surface area contributed by atoms with E-state index in [2.05, 4.69) is 15.4 Å². The number of hydrogen-bond acceptors (Lipinski definition) is 4. The van der Waals surface area contributed by atoms with Crippen LogP contribution in [0.25, 0.3) is 0 Å². The number of aromatic nitrogens is 2. The molecule has 0 aliphatic heterocycles. The number of carbonyl (C=O) groups excluding carboxylic acids is 1. The van der Waals surface area contributed by atoms with Crippen LogP contribution in [0.4, 0.5) is 13.2 Å². The van der Waals surface area contributed by atoms with Gasteiger partial charge in [0, 0.05) is 18.2 Å². The van der Waals surface area contributed by atoms with E-state index in [0.717, 1.165) is 29.0 Å². The van der Waals surface area contributed by atoms with Crippen LogP contribution in [0, 0.1) is 13.8 Å². The Morgan fingerprint density at radius 1 is 1.26 bits per heavy atom. The predicted molar refractivity (Wildman–Crippen MR) is 130 cm³/mol.